The lowest BCUT2D eigenvalue weighted by atomic mass is 9.71. The van der Waals surface area contributed by atoms with E-state index in [2.05, 4.69) is 0 Å². The molecular formula is C12H23NO3. The molecule has 0 aromatic rings. The first-order valence-corrected chi connectivity index (χ1v) is 5.79. The fourth-order valence-electron chi connectivity index (χ4n) is 2.09. The molecule has 0 radical (unpaired) electrons. The smallest absolute Gasteiger partial charge is 0.248 e. The highest BCUT2D eigenvalue weighted by molar-refractivity contribution is 5.77. The molecule has 1 rings (SSSR count). The SMILES string of the molecule is COCC(=O)N1CCC(O)(C(C)(C)C)CC1. The molecule has 0 aromatic carbocycles. The van der Waals surface area contributed by atoms with Crippen molar-refractivity contribution in [2.45, 2.75) is 39.2 Å². The normalized spacial score (nSPS) is 20.9. The zero-order valence-electron chi connectivity index (χ0n) is 10.7. The Hall–Kier alpha value is -0.610. The van der Waals surface area contributed by atoms with Crippen LogP contribution in [0.5, 0.6) is 0 Å². The number of nitrogens with zero attached hydrogens (tertiary/aromatic N) is 1. The fraction of sp³-hybridized carbons (Fsp3) is 0.917. The number of ether oxygens (including phenoxy) is 1. The topological polar surface area (TPSA) is 49.8 Å². The van der Waals surface area contributed by atoms with Gasteiger partial charge in [0.05, 0.1) is 5.60 Å². The van der Waals surface area contributed by atoms with Gasteiger partial charge < -0.3 is 14.7 Å². The highest BCUT2D eigenvalue weighted by Crippen LogP contribution is 2.38. The summed E-state index contributed by atoms with van der Waals surface area (Å²) in [7, 11) is 1.52. The third-order valence-corrected chi connectivity index (χ3v) is 3.61. The second-order valence-electron chi connectivity index (χ2n) is 5.60. The predicted molar refractivity (Wildman–Crippen MR) is 62.1 cm³/mol. The number of hydrogen-bond donors (Lipinski definition) is 1. The highest BCUT2D eigenvalue weighted by atomic mass is 16.5. The molecule has 1 aliphatic heterocycles. The van der Waals surface area contributed by atoms with E-state index in [1.54, 1.807) is 4.90 Å². The minimum atomic E-state index is -0.656. The van der Waals surface area contributed by atoms with E-state index in [0.29, 0.717) is 25.9 Å². The summed E-state index contributed by atoms with van der Waals surface area (Å²) in [6.45, 7) is 7.50. The molecule has 0 aromatic heterocycles. The van der Waals surface area contributed by atoms with E-state index in [1.165, 1.54) is 7.11 Å². The molecule has 1 amide bonds. The molecule has 1 N–H and O–H groups in total. The van der Waals surface area contributed by atoms with Crippen molar-refractivity contribution in [2.75, 3.05) is 26.8 Å². The molecule has 94 valence electrons. The number of rotatable bonds is 2. The molecule has 0 aliphatic carbocycles. The Morgan fingerprint density at radius 2 is 1.88 bits per heavy atom. The third-order valence-electron chi connectivity index (χ3n) is 3.61. The summed E-state index contributed by atoms with van der Waals surface area (Å²) >= 11 is 0. The number of aliphatic hydroxyl groups is 1. The lowest BCUT2D eigenvalue weighted by Gasteiger charge is -2.46. The number of hydrogen-bond acceptors (Lipinski definition) is 3. The van der Waals surface area contributed by atoms with Gasteiger partial charge in [0.1, 0.15) is 6.61 Å². The molecule has 1 saturated heterocycles. The maximum atomic E-state index is 11.6. The van der Waals surface area contributed by atoms with Gasteiger partial charge in [-0.25, -0.2) is 0 Å². The predicted octanol–water partition coefficient (Wildman–Crippen LogP) is 1.03. The summed E-state index contributed by atoms with van der Waals surface area (Å²) < 4.78 is 4.82. The standard InChI is InChI=1S/C12H23NO3/c1-11(2,3)12(15)5-7-13(8-6-12)10(14)9-16-4/h15H,5-9H2,1-4H3. The molecule has 0 spiro atoms. The summed E-state index contributed by atoms with van der Waals surface area (Å²) in [5.41, 5.74) is -0.791. The first-order chi connectivity index (χ1) is 7.30. The first kappa shape index (κ1) is 13.5. The number of methoxy groups -OCH3 is 1. The molecule has 1 heterocycles. The average Bonchev–Trinajstić information content (AvgIpc) is 2.17. The van der Waals surface area contributed by atoms with Gasteiger partial charge in [0.15, 0.2) is 0 Å². The van der Waals surface area contributed by atoms with Crippen LogP contribution < -0.4 is 0 Å². The first-order valence-electron chi connectivity index (χ1n) is 5.79. The largest absolute Gasteiger partial charge is 0.389 e. The molecule has 0 unspecified atom stereocenters. The number of likely N-dealkylation sites (tertiary alicyclic amines) is 1. The van der Waals surface area contributed by atoms with Crippen LogP contribution in [0.2, 0.25) is 0 Å². The second-order valence-corrected chi connectivity index (χ2v) is 5.60. The molecule has 4 heteroatoms. The van der Waals surface area contributed by atoms with Crippen LogP contribution in [-0.4, -0.2) is 48.3 Å². The van der Waals surface area contributed by atoms with Crippen molar-refractivity contribution in [1.29, 1.82) is 0 Å². The van der Waals surface area contributed by atoms with Crippen molar-refractivity contribution >= 4 is 5.91 Å². The lowest BCUT2D eigenvalue weighted by Crippen LogP contribution is -2.53. The van der Waals surface area contributed by atoms with E-state index in [-0.39, 0.29) is 17.9 Å². The Balaban J connectivity index is 2.54. The van der Waals surface area contributed by atoms with Gasteiger partial charge in [-0.2, -0.15) is 0 Å². The van der Waals surface area contributed by atoms with Crippen molar-refractivity contribution in [1.82, 2.24) is 4.90 Å². The number of piperidine rings is 1. The van der Waals surface area contributed by atoms with Gasteiger partial charge in [0.25, 0.3) is 0 Å². The highest BCUT2D eigenvalue weighted by Gasteiger charge is 2.42. The van der Waals surface area contributed by atoms with E-state index >= 15 is 0 Å². The summed E-state index contributed by atoms with van der Waals surface area (Å²) in [6.07, 6.45) is 1.29. The van der Waals surface area contributed by atoms with Crippen LogP contribution in [-0.2, 0) is 9.53 Å². The quantitative estimate of drug-likeness (QED) is 0.769. The zero-order chi connectivity index (χ0) is 12.4. The van der Waals surface area contributed by atoms with Crippen molar-refractivity contribution in [3.63, 3.8) is 0 Å². The minimum Gasteiger partial charge on any atom is -0.389 e. The molecular weight excluding hydrogens is 206 g/mol. The number of carbonyl (C=O) groups is 1. The van der Waals surface area contributed by atoms with Crippen LogP contribution in [0.25, 0.3) is 0 Å². The Bertz CT molecular complexity index is 249. The summed E-state index contributed by atoms with van der Waals surface area (Å²) in [6, 6.07) is 0. The van der Waals surface area contributed by atoms with Gasteiger partial charge in [-0.15, -0.1) is 0 Å². The molecule has 1 fully saturated rings. The molecule has 4 nitrogen and oxygen atoms in total. The second kappa shape index (κ2) is 4.72. The van der Waals surface area contributed by atoms with Crippen molar-refractivity contribution in [3.8, 4) is 0 Å². The fourth-order valence-corrected chi connectivity index (χ4v) is 2.09. The Morgan fingerprint density at radius 1 is 1.38 bits per heavy atom. The monoisotopic (exact) mass is 229 g/mol. The maximum absolute atomic E-state index is 11.6. The molecule has 0 saturated carbocycles. The minimum absolute atomic E-state index is 0.0125. The van der Waals surface area contributed by atoms with Crippen molar-refractivity contribution in [2.24, 2.45) is 5.41 Å². The zero-order valence-corrected chi connectivity index (χ0v) is 10.7. The molecule has 0 bridgehead atoms. The van der Waals surface area contributed by atoms with Gasteiger partial charge in [0.2, 0.25) is 5.91 Å². The van der Waals surface area contributed by atoms with Gasteiger partial charge in [0, 0.05) is 20.2 Å². The lowest BCUT2D eigenvalue weighted by molar-refractivity contribution is -0.144. The van der Waals surface area contributed by atoms with Crippen molar-refractivity contribution < 1.29 is 14.6 Å². The van der Waals surface area contributed by atoms with E-state index < -0.39 is 5.60 Å². The Kier molecular flexibility index (Phi) is 3.97. The molecule has 16 heavy (non-hydrogen) atoms. The number of carbonyl (C=O) groups excluding carboxylic acids is 1. The van der Waals surface area contributed by atoms with Crippen LogP contribution in [0, 0.1) is 5.41 Å². The van der Waals surface area contributed by atoms with Gasteiger partial charge in [-0.3, -0.25) is 4.79 Å². The van der Waals surface area contributed by atoms with Crippen molar-refractivity contribution in [3.05, 3.63) is 0 Å². The van der Waals surface area contributed by atoms with E-state index in [0.717, 1.165) is 0 Å². The third kappa shape index (κ3) is 2.74. The maximum Gasteiger partial charge on any atom is 0.248 e. The average molecular weight is 229 g/mol. The van der Waals surface area contributed by atoms with Crippen LogP contribution in [0.15, 0.2) is 0 Å². The summed E-state index contributed by atoms with van der Waals surface area (Å²) in [5.74, 6) is 0.0125. The summed E-state index contributed by atoms with van der Waals surface area (Å²) in [5, 5.41) is 10.5. The Morgan fingerprint density at radius 3 is 2.25 bits per heavy atom. The molecule has 1 aliphatic rings. The number of amides is 1. The van der Waals surface area contributed by atoms with Crippen LogP contribution in [0.3, 0.4) is 0 Å². The van der Waals surface area contributed by atoms with Crippen LogP contribution in [0.1, 0.15) is 33.6 Å². The van der Waals surface area contributed by atoms with E-state index in [4.69, 9.17) is 4.74 Å². The Labute approximate surface area is 97.6 Å². The van der Waals surface area contributed by atoms with Crippen LogP contribution >= 0.6 is 0 Å². The van der Waals surface area contributed by atoms with Crippen LogP contribution in [0.4, 0.5) is 0 Å². The van der Waals surface area contributed by atoms with Gasteiger partial charge in [-0.05, 0) is 18.3 Å². The van der Waals surface area contributed by atoms with Gasteiger partial charge >= 0.3 is 0 Å². The van der Waals surface area contributed by atoms with E-state index in [9.17, 15) is 9.90 Å². The van der Waals surface area contributed by atoms with Gasteiger partial charge in [-0.1, -0.05) is 20.8 Å². The summed E-state index contributed by atoms with van der Waals surface area (Å²) in [4.78, 5) is 13.3. The molecule has 0 atom stereocenters. The van der Waals surface area contributed by atoms with E-state index in [1.807, 2.05) is 20.8 Å².